The summed E-state index contributed by atoms with van der Waals surface area (Å²) in [4.78, 5) is 1.35. The molecule has 0 atom stereocenters. The minimum atomic E-state index is 0.984. The van der Waals surface area contributed by atoms with Gasteiger partial charge in [0.15, 0.2) is 5.06 Å². The van der Waals surface area contributed by atoms with Crippen molar-refractivity contribution in [2.24, 2.45) is 0 Å². The molecule has 1 aromatic carbocycles. The molecule has 74 valence electrons. The number of thiophene rings is 1. The van der Waals surface area contributed by atoms with Crippen molar-refractivity contribution in [3.8, 4) is 5.06 Å². The summed E-state index contributed by atoms with van der Waals surface area (Å²) >= 11 is 3.49. The predicted octanol–water partition coefficient (Wildman–Crippen LogP) is 3.94. The smallest absolute Gasteiger partial charge is 0.174 e. The summed E-state index contributed by atoms with van der Waals surface area (Å²) in [6.07, 6.45) is 2.11. The fraction of sp³-hybridized carbons (Fsp3) is 0.273. The van der Waals surface area contributed by atoms with Crippen LogP contribution in [0.3, 0.4) is 0 Å². The van der Waals surface area contributed by atoms with Gasteiger partial charge in [0.2, 0.25) is 0 Å². The Morgan fingerprint density at radius 2 is 2.07 bits per heavy atom. The third kappa shape index (κ3) is 1.62. The van der Waals surface area contributed by atoms with E-state index in [0.717, 1.165) is 5.06 Å². The average molecular weight is 224 g/mol. The minimum Gasteiger partial charge on any atom is -0.487 e. The van der Waals surface area contributed by atoms with Gasteiger partial charge in [0.1, 0.15) is 0 Å². The summed E-state index contributed by atoms with van der Waals surface area (Å²) in [6.45, 7) is 2.15. The van der Waals surface area contributed by atoms with Gasteiger partial charge in [-0.3, -0.25) is 0 Å². The molecule has 1 nitrogen and oxygen atoms in total. The molecule has 1 aromatic heterocycles. The van der Waals surface area contributed by atoms with Crippen LogP contribution in [0.15, 0.2) is 23.1 Å². The largest absolute Gasteiger partial charge is 0.487 e. The van der Waals surface area contributed by atoms with Gasteiger partial charge < -0.3 is 4.74 Å². The van der Waals surface area contributed by atoms with Crippen LogP contribution in [0.2, 0.25) is 0 Å². The fourth-order valence-electron chi connectivity index (χ4n) is 1.46. The SMILES string of the molecule is COc1cc2cc(SC)c(C)cc2s1. The number of fused-ring (bicyclic) bond motifs is 1. The van der Waals surface area contributed by atoms with Gasteiger partial charge >= 0.3 is 0 Å². The number of methoxy groups -OCH3 is 1. The summed E-state index contributed by atoms with van der Waals surface area (Å²) in [6, 6.07) is 6.56. The lowest BCUT2D eigenvalue weighted by molar-refractivity contribution is 0.427. The van der Waals surface area contributed by atoms with E-state index in [0.29, 0.717) is 0 Å². The molecule has 2 aromatic rings. The zero-order valence-electron chi connectivity index (χ0n) is 8.46. The topological polar surface area (TPSA) is 9.23 Å². The lowest BCUT2D eigenvalue weighted by Gasteiger charge is -2.01. The third-order valence-electron chi connectivity index (χ3n) is 2.21. The number of hydrogen-bond donors (Lipinski definition) is 0. The van der Waals surface area contributed by atoms with Crippen LogP contribution < -0.4 is 4.74 Å². The van der Waals surface area contributed by atoms with E-state index in [1.807, 2.05) is 0 Å². The lowest BCUT2D eigenvalue weighted by Crippen LogP contribution is -1.76. The quantitative estimate of drug-likeness (QED) is 0.715. The van der Waals surface area contributed by atoms with Crippen molar-refractivity contribution in [1.29, 1.82) is 0 Å². The standard InChI is InChI=1S/C11H12OS2/c1-7-4-10-8(5-9(7)13-3)6-11(12-2)14-10/h4-6H,1-3H3. The molecule has 0 unspecified atom stereocenters. The van der Waals surface area contributed by atoms with Crippen molar-refractivity contribution < 1.29 is 4.74 Å². The van der Waals surface area contributed by atoms with Gasteiger partial charge in [0, 0.05) is 9.60 Å². The zero-order chi connectivity index (χ0) is 10.1. The molecule has 14 heavy (non-hydrogen) atoms. The molecule has 0 fully saturated rings. The highest BCUT2D eigenvalue weighted by Crippen LogP contribution is 2.35. The van der Waals surface area contributed by atoms with Gasteiger partial charge in [-0.05, 0) is 42.3 Å². The molecule has 0 spiro atoms. The van der Waals surface area contributed by atoms with E-state index in [1.54, 1.807) is 30.2 Å². The van der Waals surface area contributed by atoms with Crippen LogP contribution in [0, 0.1) is 6.92 Å². The van der Waals surface area contributed by atoms with E-state index < -0.39 is 0 Å². The first kappa shape index (κ1) is 9.87. The Morgan fingerprint density at radius 1 is 1.29 bits per heavy atom. The summed E-state index contributed by atoms with van der Waals surface area (Å²) in [5.74, 6) is 0. The van der Waals surface area contributed by atoms with Crippen LogP contribution in [-0.4, -0.2) is 13.4 Å². The molecule has 0 radical (unpaired) electrons. The summed E-state index contributed by atoms with van der Waals surface area (Å²) in [5, 5.41) is 2.26. The van der Waals surface area contributed by atoms with Crippen molar-refractivity contribution in [2.75, 3.05) is 13.4 Å². The van der Waals surface area contributed by atoms with Gasteiger partial charge in [0.05, 0.1) is 7.11 Å². The van der Waals surface area contributed by atoms with Crippen LogP contribution in [0.5, 0.6) is 5.06 Å². The van der Waals surface area contributed by atoms with Crippen molar-refractivity contribution in [3.63, 3.8) is 0 Å². The summed E-state index contributed by atoms with van der Waals surface area (Å²) in [5.41, 5.74) is 1.34. The Labute approximate surface area is 92.1 Å². The van der Waals surface area contributed by atoms with E-state index in [-0.39, 0.29) is 0 Å². The molecule has 0 saturated carbocycles. The maximum absolute atomic E-state index is 5.22. The molecular weight excluding hydrogens is 212 g/mol. The Hall–Kier alpha value is -0.670. The Bertz CT molecular complexity index is 460. The molecule has 0 aliphatic rings. The van der Waals surface area contributed by atoms with Gasteiger partial charge in [-0.2, -0.15) is 0 Å². The first-order valence-corrected chi connectivity index (χ1v) is 6.41. The van der Waals surface area contributed by atoms with Gasteiger partial charge in [-0.1, -0.05) is 11.3 Å². The average Bonchev–Trinajstić information content (AvgIpc) is 2.58. The molecule has 3 heteroatoms. The molecule has 0 N–H and O–H groups in total. The van der Waals surface area contributed by atoms with Gasteiger partial charge in [0.25, 0.3) is 0 Å². The van der Waals surface area contributed by atoms with E-state index in [2.05, 4.69) is 31.4 Å². The highest BCUT2D eigenvalue weighted by molar-refractivity contribution is 7.98. The second-order valence-corrected chi connectivity index (χ2v) is 5.02. The number of benzene rings is 1. The van der Waals surface area contributed by atoms with Crippen LogP contribution in [0.4, 0.5) is 0 Å². The van der Waals surface area contributed by atoms with E-state index in [1.165, 1.54) is 20.5 Å². The molecule has 2 rings (SSSR count). The first-order chi connectivity index (χ1) is 6.74. The van der Waals surface area contributed by atoms with E-state index in [9.17, 15) is 0 Å². The maximum Gasteiger partial charge on any atom is 0.174 e. The number of rotatable bonds is 2. The maximum atomic E-state index is 5.22. The van der Waals surface area contributed by atoms with E-state index >= 15 is 0 Å². The Morgan fingerprint density at radius 3 is 2.71 bits per heavy atom. The number of aryl methyl sites for hydroxylation is 1. The van der Waals surface area contributed by atoms with Gasteiger partial charge in [-0.15, -0.1) is 11.8 Å². The van der Waals surface area contributed by atoms with Crippen molar-refractivity contribution >= 4 is 33.2 Å². The monoisotopic (exact) mass is 224 g/mol. The zero-order valence-corrected chi connectivity index (χ0v) is 10.1. The summed E-state index contributed by atoms with van der Waals surface area (Å²) < 4.78 is 6.53. The molecule has 0 amide bonds. The van der Waals surface area contributed by atoms with Crippen molar-refractivity contribution in [3.05, 3.63) is 23.8 Å². The lowest BCUT2D eigenvalue weighted by atomic mass is 10.2. The molecule has 0 saturated heterocycles. The highest BCUT2D eigenvalue weighted by Gasteiger charge is 2.05. The molecule has 1 heterocycles. The van der Waals surface area contributed by atoms with Crippen LogP contribution in [-0.2, 0) is 0 Å². The Balaban J connectivity index is 2.64. The minimum absolute atomic E-state index is 0.984. The van der Waals surface area contributed by atoms with Crippen molar-refractivity contribution in [1.82, 2.24) is 0 Å². The first-order valence-electron chi connectivity index (χ1n) is 4.37. The highest BCUT2D eigenvalue weighted by atomic mass is 32.2. The second-order valence-electron chi connectivity index (χ2n) is 3.13. The molecule has 0 bridgehead atoms. The molecular formula is C11H12OS2. The normalized spacial score (nSPS) is 10.8. The number of ether oxygens (including phenoxy) is 1. The van der Waals surface area contributed by atoms with Crippen LogP contribution >= 0.6 is 23.1 Å². The number of hydrogen-bond acceptors (Lipinski definition) is 3. The molecule has 0 aliphatic carbocycles. The second kappa shape index (κ2) is 3.83. The van der Waals surface area contributed by atoms with E-state index in [4.69, 9.17) is 4.74 Å². The third-order valence-corrected chi connectivity index (χ3v) is 4.15. The summed E-state index contributed by atoms with van der Waals surface area (Å²) in [7, 11) is 1.72. The number of thioether (sulfide) groups is 1. The van der Waals surface area contributed by atoms with Crippen LogP contribution in [0.1, 0.15) is 5.56 Å². The fourth-order valence-corrected chi connectivity index (χ4v) is 3.05. The predicted molar refractivity (Wildman–Crippen MR) is 64.9 cm³/mol. The van der Waals surface area contributed by atoms with Crippen LogP contribution in [0.25, 0.3) is 10.1 Å². The molecule has 0 aliphatic heterocycles. The Kier molecular flexibility index (Phi) is 2.70. The van der Waals surface area contributed by atoms with Crippen molar-refractivity contribution in [2.45, 2.75) is 11.8 Å². The van der Waals surface area contributed by atoms with Gasteiger partial charge in [-0.25, -0.2) is 0 Å².